The van der Waals surface area contributed by atoms with Gasteiger partial charge < -0.3 is 15.4 Å². The van der Waals surface area contributed by atoms with Crippen molar-refractivity contribution >= 4 is 11.0 Å². The van der Waals surface area contributed by atoms with Crippen LogP contribution in [0.5, 0.6) is 0 Å². The van der Waals surface area contributed by atoms with Gasteiger partial charge in [-0.25, -0.2) is 4.98 Å². The maximum absolute atomic E-state index is 10.9. The van der Waals surface area contributed by atoms with Gasteiger partial charge in [0, 0.05) is 35.4 Å². The average Bonchev–Trinajstić information content (AvgIpc) is 2.78. The minimum absolute atomic E-state index is 0.108. The molecular weight excluding hydrogens is 226 g/mol. The van der Waals surface area contributed by atoms with Gasteiger partial charge in [0.05, 0.1) is 0 Å². The molecule has 0 radical (unpaired) electrons. The summed E-state index contributed by atoms with van der Waals surface area (Å²) in [6.45, 7) is 4.93. The van der Waals surface area contributed by atoms with Gasteiger partial charge in [0.1, 0.15) is 11.2 Å². The third kappa shape index (κ3) is 1.82. The fraction of sp³-hybridized carbons (Fsp3) is 0.500. The molecule has 1 aliphatic rings. The third-order valence-electron chi connectivity index (χ3n) is 3.98. The Morgan fingerprint density at radius 3 is 2.89 bits per heavy atom. The van der Waals surface area contributed by atoms with Crippen molar-refractivity contribution in [3.63, 3.8) is 0 Å². The second-order valence-corrected chi connectivity index (χ2v) is 5.87. The van der Waals surface area contributed by atoms with Gasteiger partial charge in [0.25, 0.3) is 0 Å². The van der Waals surface area contributed by atoms with Crippen molar-refractivity contribution in [3.05, 3.63) is 30.1 Å². The normalized spacial score (nSPS) is 27.5. The van der Waals surface area contributed by atoms with Gasteiger partial charge in [0.2, 0.25) is 0 Å². The second kappa shape index (κ2) is 3.80. The third-order valence-corrected chi connectivity index (χ3v) is 3.98. The summed E-state index contributed by atoms with van der Waals surface area (Å²) in [6, 6.07) is 3.91. The van der Waals surface area contributed by atoms with E-state index in [1.54, 1.807) is 6.20 Å². The van der Waals surface area contributed by atoms with E-state index in [1.807, 2.05) is 18.3 Å². The molecule has 1 unspecified atom stereocenters. The van der Waals surface area contributed by atoms with Crippen LogP contribution in [0.1, 0.15) is 32.3 Å². The van der Waals surface area contributed by atoms with E-state index in [9.17, 15) is 5.11 Å². The van der Waals surface area contributed by atoms with Crippen LogP contribution in [0.4, 0.5) is 0 Å². The fourth-order valence-corrected chi connectivity index (χ4v) is 2.65. The van der Waals surface area contributed by atoms with E-state index >= 15 is 0 Å². The zero-order valence-corrected chi connectivity index (χ0v) is 10.8. The Kier molecular flexibility index (Phi) is 2.47. The molecule has 3 rings (SSSR count). The Morgan fingerprint density at radius 1 is 1.33 bits per heavy atom. The molecule has 1 fully saturated rings. The zero-order chi connectivity index (χ0) is 12.8. The molecule has 1 saturated heterocycles. The first kappa shape index (κ1) is 11.7. The van der Waals surface area contributed by atoms with Crippen molar-refractivity contribution < 1.29 is 5.11 Å². The number of aromatic amines is 1. The number of piperidine rings is 1. The van der Waals surface area contributed by atoms with Crippen LogP contribution in [0.3, 0.4) is 0 Å². The number of nitrogens with one attached hydrogen (secondary N) is 2. The van der Waals surface area contributed by atoms with E-state index in [-0.39, 0.29) is 5.54 Å². The number of H-pyrrole nitrogens is 1. The van der Waals surface area contributed by atoms with E-state index in [0.29, 0.717) is 6.54 Å². The van der Waals surface area contributed by atoms with Crippen LogP contribution in [-0.2, 0) is 5.60 Å². The highest BCUT2D eigenvalue weighted by molar-refractivity contribution is 5.80. The maximum atomic E-state index is 10.9. The summed E-state index contributed by atoms with van der Waals surface area (Å²) >= 11 is 0. The molecule has 0 aromatic carbocycles. The summed E-state index contributed by atoms with van der Waals surface area (Å²) in [6.07, 6.45) is 5.37. The van der Waals surface area contributed by atoms with Crippen LogP contribution in [0.25, 0.3) is 11.0 Å². The molecule has 0 spiro atoms. The molecule has 0 saturated carbocycles. The number of hydrogen-bond acceptors (Lipinski definition) is 3. The Bertz CT molecular complexity index is 563. The molecule has 4 heteroatoms. The lowest BCUT2D eigenvalue weighted by Gasteiger charge is -2.41. The second-order valence-electron chi connectivity index (χ2n) is 5.87. The minimum Gasteiger partial charge on any atom is -0.384 e. The Hall–Kier alpha value is -1.39. The van der Waals surface area contributed by atoms with E-state index < -0.39 is 5.60 Å². The summed E-state index contributed by atoms with van der Waals surface area (Å²) in [5.74, 6) is 0. The Labute approximate surface area is 106 Å². The number of hydrogen-bond donors (Lipinski definition) is 3. The van der Waals surface area contributed by atoms with Crippen LogP contribution in [0, 0.1) is 0 Å². The Morgan fingerprint density at radius 2 is 2.17 bits per heavy atom. The molecule has 3 heterocycles. The summed E-state index contributed by atoms with van der Waals surface area (Å²) in [4.78, 5) is 7.40. The molecule has 4 nitrogen and oxygen atoms in total. The van der Waals surface area contributed by atoms with Crippen LogP contribution in [0.15, 0.2) is 24.5 Å². The zero-order valence-electron chi connectivity index (χ0n) is 10.8. The number of pyridine rings is 1. The summed E-state index contributed by atoms with van der Waals surface area (Å²) in [5.41, 5.74) is 1.10. The predicted octanol–water partition coefficient (Wildman–Crippen LogP) is 1.91. The molecule has 18 heavy (non-hydrogen) atoms. The van der Waals surface area contributed by atoms with Crippen molar-refractivity contribution in [1.82, 2.24) is 15.3 Å². The minimum atomic E-state index is -0.795. The van der Waals surface area contributed by atoms with Crippen LogP contribution < -0.4 is 5.32 Å². The topological polar surface area (TPSA) is 60.9 Å². The molecule has 0 bridgehead atoms. The van der Waals surface area contributed by atoms with Gasteiger partial charge >= 0.3 is 0 Å². The van der Waals surface area contributed by atoms with Gasteiger partial charge in [-0.1, -0.05) is 0 Å². The molecular formula is C14H19N3O. The first-order valence-electron chi connectivity index (χ1n) is 6.40. The first-order valence-corrected chi connectivity index (χ1v) is 6.40. The molecule has 3 N–H and O–H groups in total. The molecule has 0 amide bonds. The molecule has 0 aliphatic carbocycles. The highest BCUT2D eigenvalue weighted by atomic mass is 16.3. The highest BCUT2D eigenvalue weighted by Crippen LogP contribution is 2.36. The summed E-state index contributed by atoms with van der Waals surface area (Å²) in [7, 11) is 0. The monoisotopic (exact) mass is 245 g/mol. The lowest BCUT2D eigenvalue weighted by Crippen LogP contribution is -2.53. The van der Waals surface area contributed by atoms with Crippen molar-refractivity contribution in [2.24, 2.45) is 0 Å². The van der Waals surface area contributed by atoms with E-state index in [0.717, 1.165) is 29.4 Å². The highest BCUT2D eigenvalue weighted by Gasteiger charge is 2.39. The molecule has 2 aromatic heterocycles. The smallest absolute Gasteiger partial charge is 0.137 e. The standard InChI is InChI=1S/C14H19N3O/c1-13(2)5-6-14(18,9-17-13)11-8-16-12-10(11)4-3-7-15-12/h3-4,7-8,17-18H,5-6,9H2,1-2H3,(H,15,16). The number of aromatic nitrogens is 2. The molecule has 2 aromatic rings. The van der Waals surface area contributed by atoms with Gasteiger partial charge in [-0.2, -0.15) is 0 Å². The van der Waals surface area contributed by atoms with Gasteiger partial charge in [0.15, 0.2) is 0 Å². The van der Waals surface area contributed by atoms with Gasteiger partial charge in [-0.05, 0) is 38.8 Å². The summed E-state index contributed by atoms with van der Waals surface area (Å²) in [5, 5.41) is 15.3. The molecule has 1 atom stereocenters. The van der Waals surface area contributed by atoms with E-state index in [1.165, 1.54) is 0 Å². The van der Waals surface area contributed by atoms with Crippen molar-refractivity contribution in [3.8, 4) is 0 Å². The van der Waals surface area contributed by atoms with Gasteiger partial charge in [-0.15, -0.1) is 0 Å². The lowest BCUT2D eigenvalue weighted by molar-refractivity contribution is -0.00912. The van der Waals surface area contributed by atoms with Crippen LogP contribution in [-0.4, -0.2) is 27.2 Å². The number of β-amino-alcohol motifs (C(OH)–C–C–N with tert-alkyl or cyclic N) is 1. The number of nitrogens with zero attached hydrogens (tertiary/aromatic N) is 1. The van der Waals surface area contributed by atoms with E-state index in [4.69, 9.17) is 0 Å². The van der Waals surface area contributed by atoms with Crippen molar-refractivity contribution in [1.29, 1.82) is 0 Å². The van der Waals surface area contributed by atoms with Crippen molar-refractivity contribution in [2.75, 3.05) is 6.54 Å². The van der Waals surface area contributed by atoms with Crippen LogP contribution >= 0.6 is 0 Å². The molecule has 96 valence electrons. The Balaban J connectivity index is 1.99. The van der Waals surface area contributed by atoms with Gasteiger partial charge in [-0.3, -0.25) is 0 Å². The quantitative estimate of drug-likeness (QED) is 0.719. The number of aliphatic hydroxyl groups is 1. The largest absolute Gasteiger partial charge is 0.384 e. The summed E-state index contributed by atoms with van der Waals surface area (Å²) < 4.78 is 0. The number of rotatable bonds is 1. The maximum Gasteiger partial charge on any atom is 0.137 e. The molecule has 1 aliphatic heterocycles. The lowest BCUT2D eigenvalue weighted by atomic mass is 9.80. The predicted molar refractivity (Wildman–Crippen MR) is 71.3 cm³/mol. The first-order chi connectivity index (χ1) is 8.50. The average molecular weight is 245 g/mol. The number of fused-ring (bicyclic) bond motifs is 1. The fourth-order valence-electron chi connectivity index (χ4n) is 2.65. The van der Waals surface area contributed by atoms with Crippen LogP contribution in [0.2, 0.25) is 0 Å². The van der Waals surface area contributed by atoms with E-state index in [2.05, 4.69) is 29.1 Å². The van der Waals surface area contributed by atoms with Crippen molar-refractivity contribution in [2.45, 2.75) is 37.8 Å². The SMILES string of the molecule is CC1(C)CCC(O)(c2c[nH]c3ncccc23)CN1.